The van der Waals surface area contributed by atoms with Crippen LogP contribution in [0.4, 0.5) is 0 Å². The van der Waals surface area contributed by atoms with Crippen molar-refractivity contribution in [1.82, 2.24) is 9.97 Å². The van der Waals surface area contributed by atoms with E-state index in [0.717, 1.165) is 31.2 Å². The number of hydrogen-bond acceptors (Lipinski definition) is 3. The Balaban J connectivity index is 2.35. The van der Waals surface area contributed by atoms with Crippen LogP contribution in [0.15, 0.2) is 18.7 Å². The summed E-state index contributed by atoms with van der Waals surface area (Å²) in [5.41, 5.74) is -0.124. The predicted octanol–water partition coefficient (Wildman–Crippen LogP) is 2.40. The number of rotatable bonds is 3. The summed E-state index contributed by atoms with van der Waals surface area (Å²) in [4.78, 5) is 19.6. The summed E-state index contributed by atoms with van der Waals surface area (Å²) in [6.07, 6.45) is 10.1. The summed E-state index contributed by atoms with van der Waals surface area (Å²) < 4.78 is 0. The Morgan fingerprint density at radius 1 is 1.29 bits per heavy atom. The smallest absolute Gasteiger partial charge is 0.314 e. The van der Waals surface area contributed by atoms with E-state index < -0.39 is 11.4 Å². The summed E-state index contributed by atoms with van der Waals surface area (Å²) in [6, 6.07) is 0. The van der Waals surface area contributed by atoms with E-state index in [1.165, 1.54) is 12.7 Å². The molecule has 92 valence electrons. The molecular weight excluding hydrogens is 216 g/mol. The molecule has 1 saturated carbocycles. The molecule has 0 saturated heterocycles. The van der Waals surface area contributed by atoms with Gasteiger partial charge < -0.3 is 5.11 Å². The molecule has 1 aromatic rings. The first kappa shape index (κ1) is 12.0. The first-order valence-electron chi connectivity index (χ1n) is 6.14. The molecule has 1 heterocycles. The van der Waals surface area contributed by atoms with Gasteiger partial charge in [-0.2, -0.15) is 0 Å². The van der Waals surface area contributed by atoms with Crippen LogP contribution in [-0.2, 0) is 10.2 Å². The van der Waals surface area contributed by atoms with Crippen molar-refractivity contribution >= 4 is 5.97 Å². The Labute approximate surface area is 101 Å². The minimum absolute atomic E-state index is 0.194. The maximum absolute atomic E-state index is 11.7. The largest absolute Gasteiger partial charge is 0.481 e. The van der Waals surface area contributed by atoms with E-state index in [0.29, 0.717) is 0 Å². The van der Waals surface area contributed by atoms with E-state index >= 15 is 0 Å². The summed E-state index contributed by atoms with van der Waals surface area (Å²) in [5.74, 6) is -0.570. The molecule has 0 radical (unpaired) electrons. The van der Waals surface area contributed by atoms with Gasteiger partial charge in [0.1, 0.15) is 6.33 Å². The zero-order valence-electron chi connectivity index (χ0n) is 10.1. The summed E-state index contributed by atoms with van der Waals surface area (Å²) in [5, 5.41) is 9.58. The number of hydrogen-bond donors (Lipinski definition) is 1. The third-order valence-electron chi connectivity index (χ3n) is 4.03. The lowest BCUT2D eigenvalue weighted by Gasteiger charge is -2.36. The zero-order valence-corrected chi connectivity index (χ0v) is 10.1. The third kappa shape index (κ3) is 2.16. The van der Waals surface area contributed by atoms with Crippen LogP contribution in [0.2, 0.25) is 0 Å². The second-order valence-corrected chi connectivity index (χ2v) is 4.97. The molecule has 1 atom stereocenters. The van der Waals surface area contributed by atoms with Crippen molar-refractivity contribution in [2.75, 3.05) is 0 Å². The lowest BCUT2D eigenvalue weighted by Crippen LogP contribution is -2.41. The average molecular weight is 234 g/mol. The standard InChI is InChI=1S/C13H18N2O2/c1-13(12(16)17,10-5-3-2-4-6-10)11-7-14-9-15-8-11/h7-10H,2-6H2,1H3,(H,16,17). The minimum Gasteiger partial charge on any atom is -0.481 e. The molecule has 2 rings (SSSR count). The third-order valence-corrected chi connectivity index (χ3v) is 4.03. The summed E-state index contributed by atoms with van der Waals surface area (Å²) in [6.45, 7) is 1.81. The van der Waals surface area contributed by atoms with Crippen molar-refractivity contribution in [1.29, 1.82) is 0 Å². The Hall–Kier alpha value is -1.45. The molecule has 17 heavy (non-hydrogen) atoms. The quantitative estimate of drug-likeness (QED) is 0.872. The molecular formula is C13H18N2O2. The van der Waals surface area contributed by atoms with Gasteiger partial charge in [-0.15, -0.1) is 0 Å². The van der Waals surface area contributed by atoms with Gasteiger partial charge in [0, 0.05) is 18.0 Å². The maximum Gasteiger partial charge on any atom is 0.314 e. The number of carboxylic acid groups (broad SMARTS) is 1. The highest BCUT2D eigenvalue weighted by Crippen LogP contribution is 2.40. The van der Waals surface area contributed by atoms with E-state index in [-0.39, 0.29) is 5.92 Å². The van der Waals surface area contributed by atoms with Crippen LogP contribution in [0.25, 0.3) is 0 Å². The van der Waals surface area contributed by atoms with Gasteiger partial charge in [0.2, 0.25) is 0 Å². The molecule has 0 amide bonds. The normalized spacial score (nSPS) is 20.8. The van der Waals surface area contributed by atoms with Gasteiger partial charge in [0.25, 0.3) is 0 Å². The SMILES string of the molecule is CC(C(=O)O)(c1cncnc1)C1CCCCC1. The van der Waals surface area contributed by atoms with Crippen molar-refractivity contribution in [2.24, 2.45) is 5.92 Å². The maximum atomic E-state index is 11.7. The number of carbonyl (C=O) groups is 1. The molecule has 4 heteroatoms. The highest BCUT2D eigenvalue weighted by Gasteiger charge is 2.43. The molecule has 1 fully saturated rings. The first-order valence-corrected chi connectivity index (χ1v) is 6.14. The van der Waals surface area contributed by atoms with Crippen LogP contribution in [0.3, 0.4) is 0 Å². The van der Waals surface area contributed by atoms with Crippen molar-refractivity contribution in [3.8, 4) is 0 Å². The van der Waals surface area contributed by atoms with Crippen molar-refractivity contribution in [3.63, 3.8) is 0 Å². The molecule has 1 N–H and O–H groups in total. The summed E-state index contributed by atoms with van der Waals surface area (Å²) in [7, 11) is 0. The molecule has 0 aromatic carbocycles. The highest BCUT2D eigenvalue weighted by molar-refractivity contribution is 5.81. The Bertz CT molecular complexity index is 388. The minimum atomic E-state index is -0.846. The van der Waals surface area contributed by atoms with E-state index in [2.05, 4.69) is 9.97 Å². The molecule has 0 aliphatic heterocycles. The van der Waals surface area contributed by atoms with Gasteiger partial charge in [0.05, 0.1) is 5.41 Å². The van der Waals surface area contributed by atoms with Crippen molar-refractivity contribution in [2.45, 2.75) is 44.4 Å². The number of aromatic nitrogens is 2. The van der Waals surface area contributed by atoms with Crippen LogP contribution in [0.1, 0.15) is 44.6 Å². The molecule has 1 aliphatic carbocycles. The second kappa shape index (κ2) is 4.82. The van der Waals surface area contributed by atoms with Crippen LogP contribution in [0.5, 0.6) is 0 Å². The fourth-order valence-corrected chi connectivity index (χ4v) is 2.78. The van der Waals surface area contributed by atoms with E-state index in [1.807, 2.05) is 6.92 Å². The molecule has 4 nitrogen and oxygen atoms in total. The molecule has 1 aromatic heterocycles. The Morgan fingerprint density at radius 2 is 1.88 bits per heavy atom. The fourth-order valence-electron chi connectivity index (χ4n) is 2.78. The number of nitrogens with zero attached hydrogens (tertiary/aromatic N) is 2. The average Bonchev–Trinajstić information content (AvgIpc) is 2.39. The van der Waals surface area contributed by atoms with Crippen LogP contribution in [0, 0.1) is 5.92 Å². The van der Waals surface area contributed by atoms with Gasteiger partial charge in [-0.25, -0.2) is 9.97 Å². The van der Waals surface area contributed by atoms with Gasteiger partial charge in [-0.05, 0) is 25.7 Å². The number of carboxylic acids is 1. The van der Waals surface area contributed by atoms with Gasteiger partial charge >= 0.3 is 5.97 Å². The number of aliphatic carboxylic acids is 1. The Kier molecular flexibility index (Phi) is 3.41. The van der Waals surface area contributed by atoms with E-state index in [9.17, 15) is 9.90 Å². The molecule has 1 unspecified atom stereocenters. The lowest BCUT2D eigenvalue weighted by atomic mass is 9.67. The molecule has 1 aliphatic rings. The van der Waals surface area contributed by atoms with Gasteiger partial charge in [-0.1, -0.05) is 19.3 Å². The van der Waals surface area contributed by atoms with Gasteiger partial charge in [-0.3, -0.25) is 4.79 Å². The van der Waals surface area contributed by atoms with Crippen molar-refractivity contribution in [3.05, 3.63) is 24.3 Å². The fraction of sp³-hybridized carbons (Fsp3) is 0.615. The zero-order chi connectivity index (χ0) is 12.3. The molecule has 0 bridgehead atoms. The molecule has 0 spiro atoms. The highest BCUT2D eigenvalue weighted by atomic mass is 16.4. The topological polar surface area (TPSA) is 63.1 Å². The first-order chi connectivity index (χ1) is 8.15. The van der Waals surface area contributed by atoms with Crippen LogP contribution < -0.4 is 0 Å². The lowest BCUT2D eigenvalue weighted by molar-refractivity contribution is -0.146. The van der Waals surface area contributed by atoms with Crippen LogP contribution in [-0.4, -0.2) is 21.0 Å². The van der Waals surface area contributed by atoms with Crippen LogP contribution >= 0.6 is 0 Å². The Morgan fingerprint density at radius 3 is 2.41 bits per heavy atom. The van der Waals surface area contributed by atoms with Crippen molar-refractivity contribution < 1.29 is 9.90 Å². The van der Waals surface area contributed by atoms with Gasteiger partial charge in [0.15, 0.2) is 0 Å². The monoisotopic (exact) mass is 234 g/mol. The summed E-state index contributed by atoms with van der Waals surface area (Å²) >= 11 is 0. The second-order valence-electron chi connectivity index (χ2n) is 4.97. The predicted molar refractivity (Wildman–Crippen MR) is 63.6 cm³/mol. The van der Waals surface area contributed by atoms with E-state index in [1.54, 1.807) is 12.4 Å². The van der Waals surface area contributed by atoms with E-state index in [4.69, 9.17) is 0 Å².